The van der Waals surface area contributed by atoms with Gasteiger partial charge in [-0.2, -0.15) is 0 Å². The van der Waals surface area contributed by atoms with Crippen LogP contribution in [0.15, 0.2) is 122 Å². The zero-order chi connectivity index (χ0) is 69.0. The summed E-state index contributed by atoms with van der Waals surface area (Å²) in [7, 11) is 5.93. The van der Waals surface area contributed by atoms with Gasteiger partial charge in [0.1, 0.15) is 13.2 Å². The quantitative estimate of drug-likeness (QED) is 0.0195. The number of carbonyl (C=O) groups excluding carboxylic acids is 3. The zero-order valence-corrected chi connectivity index (χ0v) is 62.5. The lowest BCUT2D eigenvalue weighted by molar-refractivity contribution is -0.870. The van der Waals surface area contributed by atoms with Gasteiger partial charge in [-0.1, -0.05) is 347 Å². The van der Waals surface area contributed by atoms with Gasteiger partial charge in [-0.05, 0) is 109 Å². The molecule has 0 rings (SSSR count). The highest BCUT2D eigenvalue weighted by Crippen LogP contribution is 2.18. The maximum Gasteiger partial charge on any atom is 0.306 e. The Balaban J connectivity index is 4.03. The molecule has 0 aromatic heterocycles. The summed E-state index contributed by atoms with van der Waals surface area (Å²) < 4.78 is 22.8. The van der Waals surface area contributed by atoms with Gasteiger partial charge >= 0.3 is 11.9 Å². The van der Waals surface area contributed by atoms with E-state index in [1.54, 1.807) is 0 Å². The first-order valence-electron chi connectivity index (χ1n) is 39.7. The Morgan fingerprint density at radius 2 is 0.600 bits per heavy atom. The first-order valence-corrected chi connectivity index (χ1v) is 39.7. The maximum absolute atomic E-state index is 13.0. The molecule has 0 radical (unpaired) electrons. The normalized spacial score (nSPS) is 13.3. The fraction of sp³-hybridized carbons (Fsp3) is 0.733. The van der Waals surface area contributed by atoms with Gasteiger partial charge in [0.15, 0.2) is 12.4 Å². The first kappa shape index (κ1) is 90.7. The van der Waals surface area contributed by atoms with Gasteiger partial charge < -0.3 is 33.3 Å². The van der Waals surface area contributed by atoms with E-state index in [0.717, 1.165) is 103 Å². The highest BCUT2D eigenvalue weighted by atomic mass is 16.7. The van der Waals surface area contributed by atoms with Crippen LogP contribution in [-0.4, -0.2) is 82.3 Å². The van der Waals surface area contributed by atoms with Gasteiger partial charge in [-0.15, -0.1) is 0 Å². The number of likely N-dealkylation sites (N-methyl/N-ethyl adjacent to an activating group) is 1. The molecule has 0 aliphatic rings. The number of hydrogen-bond acceptors (Lipinski definition) is 8. The molecule has 95 heavy (non-hydrogen) atoms. The van der Waals surface area contributed by atoms with E-state index in [1.807, 2.05) is 21.1 Å². The number of carbonyl (C=O) groups is 3. The standard InChI is InChI=1S/C86H149NO8/c1-6-8-10-12-14-16-18-20-22-24-26-28-30-32-34-36-38-39-40-41-42-43-44-45-47-48-50-52-54-56-58-60-62-64-66-68-70-72-74-76-83(88)93-80-82(81-94-86(85(90)91)92-79-78-87(3,4)5)95-84(89)77-75-73-71-69-67-65-63-61-59-57-55-53-51-49-46-37-35-33-31-29-27-25-23-21-19-17-15-13-11-9-7-2/h9,11,15,17-18,20-21,23-24,26-27,29-30,32-33,35,46,49,53,55,82,86H,6-8,10,12-14,16,19,22,25,28,31,34,36-45,47-48,50-52,54,56-81H2,1-5H3/b11-9-,17-15-,20-18-,23-21-,26-24-,29-27-,32-30-,35-33-,49-46-,55-53-. The molecule has 0 heterocycles. The lowest BCUT2D eigenvalue weighted by Gasteiger charge is -2.26. The van der Waals surface area contributed by atoms with Crippen molar-refractivity contribution in [3.8, 4) is 0 Å². The van der Waals surface area contributed by atoms with Crippen molar-refractivity contribution in [1.82, 2.24) is 0 Å². The molecule has 0 aromatic rings. The first-order chi connectivity index (χ1) is 46.6. The Hall–Kier alpha value is -4.31. The molecule has 9 heteroatoms. The van der Waals surface area contributed by atoms with E-state index in [1.165, 1.54) is 212 Å². The fourth-order valence-electron chi connectivity index (χ4n) is 11.2. The number of aliphatic carboxylic acids is 1. The molecule has 0 bridgehead atoms. The second-order valence-electron chi connectivity index (χ2n) is 27.6. The summed E-state index contributed by atoms with van der Waals surface area (Å²) in [6, 6.07) is 0. The van der Waals surface area contributed by atoms with Crippen LogP contribution in [0.2, 0.25) is 0 Å². The van der Waals surface area contributed by atoms with E-state index < -0.39 is 24.3 Å². The molecule has 0 N–H and O–H groups in total. The molecule has 2 unspecified atom stereocenters. The highest BCUT2D eigenvalue weighted by molar-refractivity contribution is 5.70. The number of carboxylic acid groups (broad SMARTS) is 1. The Bertz CT molecular complexity index is 1980. The average molecular weight is 1330 g/mol. The maximum atomic E-state index is 13.0. The molecule has 546 valence electrons. The number of rotatable bonds is 73. The second kappa shape index (κ2) is 75.5. The second-order valence-corrected chi connectivity index (χ2v) is 27.6. The van der Waals surface area contributed by atoms with E-state index in [0.29, 0.717) is 17.4 Å². The third kappa shape index (κ3) is 76.9. The summed E-state index contributed by atoms with van der Waals surface area (Å²) in [5.74, 6) is -2.28. The minimum absolute atomic E-state index is 0.143. The molecule has 0 saturated heterocycles. The summed E-state index contributed by atoms with van der Waals surface area (Å²) >= 11 is 0. The van der Waals surface area contributed by atoms with Crippen molar-refractivity contribution < 1.29 is 42.9 Å². The molecule has 0 aliphatic heterocycles. The largest absolute Gasteiger partial charge is 0.545 e. The van der Waals surface area contributed by atoms with Gasteiger partial charge in [0.05, 0.1) is 40.3 Å². The Morgan fingerprint density at radius 3 is 0.895 bits per heavy atom. The summed E-state index contributed by atoms with van der Waals surface area (Å²) in [6.07, 6.45) is 105. The van der Waals surface area contributed by atoms with Crippen molar-refractivity contribution in [2.24, 2.45) is 0 Å². The number of unbranched alkanes of at least 4 members (excludes halogenated alkanes) is 38. The van der Waals surface area contributed by atoms with Crippen LogP contribution in [0, 0.1) is 0 Å². The minimum Gasteiger partial charge on any atom is -0.545 e. The third-order valence-electron chi connectivity index (χ3n) is 17.2. The molecular weight excluding hydrogens is 1170 g/mol. The minimum atomic E-state index is -1.63. The number of allylic oxidation sites excluding steroid dienone is 20. The molecule has 0 saturated carbocycles. The van der Waals surface area contributed by atoms with Crippen molar-refractivity contribution in [3.05, 3.63) is 122 Å². The van der Waals surface area contributed by atoms with Crippen LogP contribution in [0.5, 0.6) is 0 Å². The van der Waals surface area contributed by atoms with Crippen molar-refractivity contribution in [2.75, 3.05) is 47.5 Å². The predicted molar refractivity (Wildman–Crippen MR) is 407 cm³/mol. The van der Waals surface area contributed by atoms with Gasteiger partial charge in [-0.25, -0.2) is 0 Å². The Morgan fingerprint density at radius 1 is 0.326 bits per heavy atom. The van der Waals surface area contributed by atoms with Crippen molar-refractivity contribution in [1.29, 1.82) is 0 Å². The number of hydrogen-bond donors (Lipinski definition) is 0. The SMILES string of the molecule is CC/C=C\C/C=C\C/C=C\C/C=C\C/C=C\C/C=C\C/C=C\CCCCCCCCCCCC(=O)OC(COC(=O)CCCCCCCCCCCCCCCCCCCCCCCCCC/C=C\C/C=C\C/C=C\CCCCCCC)COC(OCC[N+](C)(C)C)C(=O)[O-]. The lowest BCUT2D eigenvalue weighted by Crippen LogP contribution is -2.44. The molecule has 0 aromatic carbocycles. The van der Waals surface area contributed by atoms with Gasteiger partial charge in [-0.3, -0.25) is 9.59 Å². The van der Waals surface area contributed by atoms with Crippen LogP contribution in [0.3, 0.4) is 0 Å². The number of quaternary nitrogens is 1. The lowest BCUT2D eigenvalue weighted by atomic mass is 10.0. The van der Waals surface area contributed by atoms with Crippen LogP contribution in [0.4, 0.5) is 0 Å². The average Bonchev–Trinajstić information content (AvgIpc) is 3.24. The number of esters is 2. The van der Waals surface area contributed by atoms with E-state index in [2.05, 4.69) is 135 Å². The van der Waals surface area contributed by atoms with Crippen LogP contribution < -0.4 is 5.11 Å². The fourth-order valence-corrected chi connectivity index (χ4v) is 11.2. The Kier molecular flexibility index (Phi) is 72.0. The van der Waals surface area contributed by atoms with E-state index in [4.69, 9.17) is 18.9 Å². The van der Waals surface area contributed by atoms with E-state index in [9.17, 15) is 19.5 Å². The number of carboxylic acids is 1. The molecule has 0 amide bonds. The third-order valence-corrected chi connectivity index (χ3v) is 17.2. The molecular formula is C86H149NO8. The smallest absolute Gasteiger partial charge is 0.306 e. The number of ether oxygens (including phenoxy) is 4. The van der Waals surface area contributed by atoms with Gasteiger partial charge in [0.2, 0.25) is 0 Å². The van der Waals surface area contributed by atoms with E-state index >= 15 is 0 Å². The molecule has 2 atom stereocenters. The summed E-state index contributed by atoms with van der Waals surface area (Å²) in [6.45, 7) is 4.64. The molecule has 0 aliphatic carbocycles. The van der Waals surface area contributed by atoms with Crippen molar-refractivity contribution in [2.45, 2.75) is 360 Å². The monoisotopic (exact) mass is 1320 g/mol. The van der Waals surface area contributed by atoms with Crippen LogP contribution >= 0.6 is 0 Å². The Labute approximate surface area is 587 Å². The topological polar surface area (TPSA) is 111 Å². The van der Waals surface area contributed by atoms with Crippen LogP contribution in [-0.2, 0) is 33.3 Å². The summed E-state index contributed by atoms with van der Waals surface area (Å²) in [5.41, 5.74) is 0. The van der Waals surface area contributed by atoms with E-state index in [-0.39, 0.29) is 38.6 Å². The van der Waals surface area contributed by atoms with Crippen molar-refractivity contribution in [3.63, 3.8) is 0 Å². The molecule has 0 fully saturated rings. The highest BCUT2D eigenvalue weighted by Gasteiger charge is 2.22. The van der Waals surface area contributed by atoms with Gasteiger partial charge in [0, 0.05) is 12.8 Å². The molecule has 0 spiro atoms. The van der Waals surface area contributed by atoms with Gasteiger partial charge in [0.25, 0.3) is 0 Å². The van der Waals surface area contributed by atoms with Crippen LogP contribution in [0.1, 0.15) is 348 Å². The predicted octanol–water partition coefficient (Wildman–Crippen LogP) is 24.1. The molecule has 9 nitrogen and oxygen atoms in total. The number of nitrogens with zero attached hydrogens (tertiary/aromatic N) is 1. The zero-order valence-electron chi connectivity index (χ0n) is 62.5. The summed E-state index contributed by atoms with van der Waals surface area (Å²) in [5, 5.41) is 11.9. The van der Waals surface area contributed by atoms with Crippen LogP contribution in [0.25, 0.3) is 0 Å². The summed E-state index contributed by atoms with van der Waals surface area (Å²) in [4.78, 5) is 37.6. The van der Waals surface area contributed by atoms with Crippen molar-refractivity contribution >= 4 is 17.9 Å².